The summed E-state index contributed by atoms with van der Waals surface area (Å²) in [5.74, 6) is 2.48. The second-order valence-electron chi connectivity index (χ2n) is 7.18. The lowest BCUT2D eigenvalue weighted by molar-refractivity contribution is 0.194. The number of hydrogen-bond donors (Lipinski definition) is 1. The van der Waals surface area contributed by atoms with Crippen molar-refractivity contribution in [2.45, 2.75) is 53.4 Å². The van der Waals surface area contributed by atoms with E-state index in [4.69, 9.17) is 43.1 Å². The molecule has 0 aliphatic rings. The average molecular weight is 513 g/mol. The summed E-state index contributed by atoms with van der Waals surface area (Å²) in [6, 6.07) is 18.6. The molecule has 4 nitrogen and oxygen atoms in total. The van der Waals surface area contributed by atoms with E-state index in [-0.39, 0.29) is 9.75 Å². The van der Waals surface area contributed by atoms with Gasteiger partial charge in [-0.05, 0) is 59.9 Å². The van der Waals surface area contributed by atoms with Gasteiger partial charge < -0.3 is 19.3 Å². The fourth-order valence-electron chi connectivity index (χ4n) is 2.45. The molecule has 2 aromatic carbocycles. The number of halogens is 1. The Labute approximate surface area is 215 Å². The van der Waals surface area contributed by atoms with Gasteiger partial charge in [-0.15, -0.1) is 0 Å². The zero-order valence-electron chi connectivity index (χ0n) is 20.0. The van der Waals surface area contributed by atoms with Gasteiger partial charge in [0, 0.05) is 18.8 Å². The van der Waals surface area contributed by atoms with Gasteiger partial charge in [-0.1, -0.05) is 89.8 Å². The normalized spacial score (nSPS) is 9.82. The SMILES string of the molecule is CCC(CC)CO.CCC(CC)COC(=S)Oc1ccccc1.S=C(Cl)Oc1ccccc1. The Hall–Kier alpha value is -1.73. The van der Waals surface area contributed by atoms with Gasteiger partial charge in [0.25, 0.3) is 4.51 Å². The smallest absolute Gasteiger partial charge is 0.357 e. The number of aliphatic hydroxyl groups is 1. The summed E-state index contributed by atoms with van der Waals surface area (Å²) in [5.41, 5.74) is 0. The monoisotopic (exact) mass is 512 g/mol. The van der Waals surface area contributed by atoms with Crippen LogP contribution in [-0.4, -0.2) is 28.1 Å². The minimum absolute atomic E-state index is 0.0196. The van der Waals surface area contributed by atoms with E-state index in [0.717, 1.165) is 31.4 Å². The number of benzene rings is 2. The first-order valence-electron chi connectivity index (χ1n) is 11.3. The Morgan fingerprint density at radius 2 is 1.18 bits per heavy atom. The van der Waals surface area contributed by atoms with Gasteiger partial charge in [-0.25, -0.2) is 0 Å². The van der Waals surface area contributed by atoms with Crippen LogP contribution < -0.4 is 9.47 Å². The highest BCUT2D eigenvalue weighted by Crippen LogP contribution is 2.12. The maximum absolute atomic E-state index is 8.53. The minimum Gasteiger partial charge on any atom is -0.456 e. The summed E-state index contributed by atoms with van der Waals surface area (Å²) in [7, 11) is 0. The molecule has 0 saturated carbocycles. The Bertz CT molecular complexity index is 731. The molecule has 0 aliphatic heterocycles. The molecular weight excluding hydrogens is 476 g/mol. The Morgan fingerprint density at radius 3 is 1.52 bits per heavy atom. The summed E-state index contributed by atoms with van der Waals surface area (Å²) in [6.45, 7) is 9.50. The standard InChI is InChI=1S/C13H18O2S.C7H5ClOS.C6H14O/c1-3-11(4-2)10-14-13(16)15-12-8-6-5-7-9-12;8-7(10)9-6-4-2-1-3-5-6;1-3-6(4-2)5-7/h5-9,11H,3-4,10H2,1-2H3;1-5H;6-7H,3-5H2,1-2H3. The van der Waals surface area contributed by atoms with Crippen LogP contribution in [0.3, 0.4) is 0 Å². The van der Waals surface area contributed by atoms with Crippen molar-refractivity contribution in [1.29, 1.82) is 0 Å². The van der Waals surface area contributed by atoms with Gasteiger partial charge in [0.15, 0.2) is 0 Å². The molecule has 184 valence electrons. The second kappa shape index (κ2) is 20.8. The largest absolute Gasteiger partial charge is 0.456 e. The highest BCUT2D eigenvalue weighted by atomic mass is 35.5. The Kier molecular flexibility index (Phi) is 19.8. The number of ether oxygens (including phenoxy) is 3. The molecule has 0 unspecified atom stereocenters. The van der Waals surface area contributed by atoms with E-state index in [2.05, 4.69) is 39.9 Å². The molecular formula is C26H37ClO4S2. The molecule has 2 rings (SSSR count). The van der Waals surface area contributed by atoms with Crippen LogP contribution in [0.15, 0.2) is 60.7 Å². The van der Waals surface area contributed by atoms with Crippen molar-refractivity contribution in [3.8, 4) is 11.5 Å². The predicted octanol–water partition coefficient (Wildman–Crippen LogP) is 7.81. The molecule has 0 radical (unpaired) electrons. The first-order chi connectivity index (χ1) is 15.9. The van der Waals surface area contributed by atoms with Crippen molar-refractivity contribution >= 4 is 45.8 Å². The topological polar surface area (TPSA) is 47.9 Å². The van der Waals surface area contributed by atoms with Crippen LogP contribution in [0.1, 0.15) is 53.4 Å². The van der Waals surface area contributed by atoms with E-state index in [1.165, 1.54) is 0 Å². The molecule has 2 aromatic rings. The molecule has 0 spiro atoms. The van der Waals surface area contributed by atoms with Crippen molar-refractivity contribution in [3.05, 3.63) is 60.7 Å². The van der Waals surface area contributed by atoms with Crippen LogP contribution in [0.25, 0.3) is 0 Å². The van der Waals surface area contributed by atoms with Crippen LogP contribution in [0, 0.1) is 11.8 Å². The van der Waals surface area contributed by atoms with Crippen LogP contribution in [0.4, 0.5) is 0 Å². The molecule has 0 fully saturated rings. The lowest BCUT2D eigenvalue weighted by Gasteiger charge is -2.14. The zero-order chi connectivity index (χ0) is 24.9. The second-order valence-corrected chi connectivity index (χ2v) is 8.45. The third kappa shape index (κ3) is 17.4. The Balaban J connectivity index is 0.000000514. The molecule has 7 heteroatoms. The highest BCUT2D eigenvalue weighted by molar-refractivity contribution is 7.82. The lowest BCUT2D eigenvalue weighted by atomic mass is 10.1. The van der Waals surface area contributed by atoms with Gasteiger partial charge in [0.1, 0.15) is 11.5 Å². The predicted molar refractivity (Wildman–Crippen MR) is 146 cm³/mol. The molecule has 0 aliphatic carbocycles. The molecule has 1 N–H and O–H groups in total. The summed E-state index contributed by atoms with van der Waals surface area (Å²) >= 11 is 14.8. The number of hydrogen-bond acceptors (Lipinski definition) is 6. The van der Waals surface area contributed by atoms with E-state index in [0.29, 0.717) is 30.8 Å². The number of thiocarbonyl (C=S) groups is 2. The van der Waals surface area contributed by atoms with Crippen molar-refractivity contribution < 1.29 is 19.3 Å². The summed E-state index contributed by atoms with van der Waals surface area (Å²) in [5, 5.41) is 8.73. The number of para-hydroxylation sites is 2. The maximum Gasteiger partial charge on any atom is 0.357 e. The van der Waals surface area contributed by atoms with Crippen molar-refractivity contribution in [3.63, 3.8) is 0 Å². The van der Waals surface area contributed by atoms with E-state index in [9.17, 15) is 0 Å². The first-order valence-corrected chi connectivity index (χ1v) is 12.5. The fourth-order valence-corrected chi connectivity index (χ4v) is 2.80. The van der Waals surface area contributed by atoms with E-state index in [1.54, 1.807) is 12.1 Å². The molecule has 0 atom stereocenters. The minimum atomic E-state index is 0.0196. The Morgan fingerprint density at radius 1 is 0.758 bits per heavy atom. The molecule has 33 heavy (non-hydrogen) atoms. The van der Waals surface area contributed by atoms with E-state index < -0.39 is 0 Å². The van der Waals surface area contributed by atoms with Crippen LogP contribution >= 0.6 is 36.0 Å². The van der Waals surface area contributed by atoms with Gasteiger partial charge in [0.2, 0.25) is 0 Å². The van der Waals surface area contributed by atoms with Crippen LogP contribution in [0.2, 0.25) is 0 Å². The van der Waals surface area contributed by atoms with Crippen molar-refractivity contribution in [1.82, 2.24) is 0 Å². The fraction of sp³-hybridized carbons (Fsp3) is 0.462. The van der Waals surface area contributed by atoms with Gasteiger partial charge in [0.05, 0.1) is 6.61 Å². The van der Waals surface area contributed by atoms with Crippen LogP contribution in [0.5, 0.6) is 11.5 Å². The quantitative estimate of drug-likeness (QED) is 0.273. The first kappa shape index (κ1) is 31.3. The lowest BCUT2D eigenvalue weighted by Crippen LogP contribution is -2.16. The summed E-state index contributed by atoms with van der Waals surface area (Å²) in [6.07, 6.45) is 4.41. The van der Waals surface area contributed by atoms with Crippen LogP contribution in [-0.2, 0) is 4.74 Å². The van der Waals surface area contributed by atoms with Gasteiger partial charge in [-0.3, -0.25) is 0 Å². The molecule has 0 saturated heterocycles. The summed E-state index contributed by atoms with van der Waals surface area (Å²) < 4.78 is 15.7. The van der Waals surface area contributed by atoms with E-state index in [1.807, 2.05) is 48.5 Å². The molecule has 0 heterocycles. The molecule has 0 aromatic heterocycles. The zero-order valence-corrected chi connectivity index (χ0v) is 22.4. The maximum atomic E-state index is 8.53. The third-order valence-corrected chi connectivity index (χ3v) is 5.25. The summed E-state index contributed by atoms with van der Waals surface area (Å²) in [4.78, 5) is 0. The molecule has 0 amide bonds. The number of rotatable bonds is 9. The van der Waals surface area contributed by atoms with Crippen molar-refractivity contribution in [2.75, 3.05) is 13.2 Å². The van der Waals surface area contributed by atoms with Gasteiger partial charge in [-0.2, -0.15) is 0 Å². The number of aliphatic hydroxyl groups excluding tert-OH is 1. The van der Waals surface area contributed by atoms with Crippen molar-refractivity contribution in [2.24, 2.45) is 11.8 Å². The molecule has 0 bridgehead atoms. The average Bonchev–Trinajstić information content (AvgIpc) is 2.83. The van der Waals surface area contributed by atoms with E-state index >= 15 is 0 Å². The highest BCUT2D eigenvalue weighted by Gasteiger charge is 2.07. The van der Waals surface area contributed by atoms with Gasteiger partial charge >= 0.3 is 5.24 Å². The third-order valence-electron chi connectivity index (χ3n) is 4.89.